The first-order valence-electron chi connectivity index (χ1n) is 5.24. The van der Waals surface area contributed by atoms with Gasteiger partial charge in [-0.25, -0.2) is 13.8 Å². The lowest BCUT2D eigenvalue weighted by molar-refractivity contribution is 0.602. The number of benzene rings is 1. The number of fused-ring (bicyclic) bond motifs is 1. The molecular weight excluding hydrogens is 258 g/mol. The lowest BCUT2D eigenvalue weighted by Crippen LogP contribution is -1.91. The molecule has 0 fully saturated rings. The number of nitrogens with zero attached hydrogens (tertiary/aromatic N) is 2. The monoisotopic (exact) mass is 264 g/mol. The zero-order chi connectivity index (χ0) is 12.7. The molecule has 0 aliphatic rings. The fraction of sp³-hybridized carbons (Fsp3) is 0. The standard InChI is InChI=1S/C13H7ClF2N2/c14-10-2-1-5-18-12(7-17-13(10)18)9-6-8(15)3-4-11(9)16/h1-7H. The topological polar surface area (TPSA) is 17.3 Å². The van der Waals surface area contributed by atoms with E-state index in [4.69, 9.17) is 11.6 Å². The number of pyridine rings is 1. The van der Waals surface area contributed by atoms with E-state index in [0.717, 1.165) is 18.2 Å². The molecule has 0 atom stereocenters. The van der Waals surface area contributed by atoms with E-state index < -0.39 is 11.6 Å². The Kier molecular flexibility index (Phi) is 2.52. The summed E-state index contributed by atoms with van der Waals surface area (Å²) in [7, 11) is 0. The lowest BCUT2D eigenvalue weighted by atomic mass is 10.1. The van der Waals surface area contributed by atoms with E-state index >= 15 is 0 Å². The highest BCUT2D eigenvalue weighted by molar-refractivity contribution is 6.33. The van der Waals surface area contributed by atoms with E-state index in [0.29, 0.717) is 16.4 Å². The van der Waals surface area contributed by atoms with Gasteiger partial charge < -0.3 is 0 Å². The quantitative estimate of drug-likeness (QED) is 0.651. The van der Waals surface area contributed by atoms with Gasteiger partial charge in [0.05, 0.1) is 16.9 Å². The van der Waals surface area contributed by atoms with Crippen LogP contribution in [-0.4, -0.2) is 9.38 Å². The third kappa shape index (κ3) is 1.66. The average molecular weight is 265 g/mol. The molecule has 90 valence electrons. The summed E-state index contributed by atoms with van der Waals surface area (Å²) in [5.41, 5.74) is 1.13. The molecule has 5 heteroatoms. The summed E-state index contributed by atoms with van der Waals surface area (Å²) in [6, 6.07) is 6.72. The van der Waals surface area contributed by atoms with E-state index in [2.05, 4.69) is 4.98 Å². The predicted octanol–water partition coefficient (Wildman–Crippen LogP) is 3.93. The second kappa shape index (κ2) is 4.07. The van der Waals surface area contributed by atoms with Crippen LogP contribution in [-0.2, 0) is 0 Å². The number of aromatic nitrogens is 2. The van der Waals surface area contributed by atoms with Gasteiger partial charge in [-0.15, -0.1) is 0 Å². The van der Waals surface area contributed by atoms with Crippen molar-refractivity contribution in [2.24, 2.45) is 0 Å². The zero-order valence-corrected chi connectivity index (χ0v) is 9.83. The van der Waals surface area contributed by atoms with Crippen molar-refractivity contribution in [1.29, 1.82) is 0 Å². The Labute approximate surface area is 106 Å². The fourth-order valence-electron chi connectivity index (χ4n) is 1.87. The third-order valence-electron chi connectivity index (χ3n) is 2.69. The molecule has 18 heavy (non-hydrogen) atoms. The van der Waals surface area contributed by atoms with Gasteiger partial charge in [0.15, 0.2) is 5.65 Å². The van der Waals surface area contributed by atoms with Crippen molar-refractivity contribution in [3.63, 3.8) is 0 Å². The second-order valence-electron chi connectivity index (χ2n) is 3.82. The molecule has 2 nitrogen and oxygen atoms in total. The van der Waals surface area contributed by atoms with Gasteiger partial charge >= 0.3 is 0 Å². The van der Waals surface area contributed by atoms with E-state index in [1.165, 1.54) is 6.20 Å². The molecule has 0 bridgehead atoms. The van der Waals surface area contributed by atoms with Crippen molar-refractivity contribution in [1.82, 2.24) is 9.38 Å². The van der Waals surface area contributed by atoms with E-state index in [-0.39, 0.29) is 5.56 Å². The molecule has 0 N–H and O–H groups in total. The molecular formula is C13H7ClF2N2. The maximum atomic E-state index is 13.7. The lowest BCUT2D eigenvalue weighted by Gasteiger charge is -2.04. The highest BCUT2D eigenvalue weighted by atomic mass is 35.5. The molecule has 0 spiro atoms. The van der Waals surface area contributed by atoms with Crippen LogP contribution in [0.4, 0.5) is 8.78 Å². The van der Waals surface area contributed by atoms with Crippen molar-refractivity contribution in [3.8, 4) is 11.3 Å². The van der Waals surface area contributed by atoms with Crippen molar-refractivity contribution in [2.75, 3.05) is 0 Å². The van der Waals surface area contributed by atoms with Gasteiger partial charge in [-0.05, 0) is 30.3 Å². The van der Waals surface area contributed by atoms with Crippen LogP contribution in [0.3, 0.4) is 0 Å². The number of imidazole rings is 1. The summed E-state index contributed by atoms with van der Waals surface area (Å²) in [6.07, 6.45) is 3.17. The smallest absolute Gasteiger partial charge is 0.156 e. The Morgan fingerprint density at radius 1 is 1.17 bits per heavy atom. The van der Waals surface area contributed by atoms with Gasteiger partial charge in [0.2, 0.25) is 0 Å². The summed E-state index contributed by atoms with van der Waals surface area (Å²) in [6.45, 7) is 0. The van der Waals surface area contributed by atoms with Gasteiger partial charge in [0, 0.05) is 11.8 Å². The predicted molar refractivity (Wildman–Crippen MR) is 65.6 cm³/mol. The molecule has 0 aliphatic heterocycles. The Morgan fingerprint density at radius 3 is 2.83 bits per heavy atom. The summed E-state index contributed by atoms with van der Waals surface area (Å²) < 4.78 is 28.5. The van der Waals surface area contributed by atoms with Gasteiger partial charge in [-0.2, -0.15) is 0 Å². The van der Waals surface area contributed by atoms with Gasteiger partial charge in [-0.1, -0.05) is 11.6 Å². The van der Waals surface area contributed by atoms with Crippen LogP contribution in [0.15, 0.2) is 42.7 Å². The van der Waals surface area contributed by atoms with E-state index in [9.17, 15) is 8.78 Å². The fourth-order valence-corrected chi connectivity index (χ4v) is 2.08. The highest BCUT2D eigenvalue weighted by Gasteiger charge is 2.12. The second-order valence-corrected chi connectivity index (χ2v) is 4.22. The SMILES string of the molecule is Fc1ccc(F)c(-c2cnc3c(Cl)cccn23)c1. The maximum absolute atomic E-state index is 13.7. The molecule has 3 aromatic rings. The maximum Gasteiger partial charge on any atom is 0.156 e. The molecule has 2 aromatic heterocycles. The van der Waals surface area contributed by atoms with Crippen molar-refractivity contribution in [3.05, 3.63) is 59.4 Å². The first-order chi connectivity index (χ1) is 8.66. The number of rotatable bonds is 1. The van der Waals surface area contributed by atoms with Crippen LogP contribution in [0.2, 0.25) is 5.02 Å². The average Bonchev–Trinajstić information content (AvgIpc) is 2.77. The summed E-state index contributed by atoms with van der Waals surface area (Å²) in [5.74, 6) is -0.999. The minimum atomic E-state index is -0.502. The van der Waals surface area contributed by atoms with Gasteiger partial charge in [0.1, 0.15) is 11.6 Å². The molecule has 0 saturated heterocycles. The number of halogens is 3. The summed E-state index contributed by atoms with van der Waals surface area (Å²) in [5, 5.41) is 0.459. The number of hydrogen-bond donors (Lipinski definition) is 0. The minimum Gasteiger partial charge on any atom is -0.298 e. The molecule has 0 radical (unpaired) electrons. The van der Waals surface area contributed by atoms with Crippen LogP contribution in [0.25, 0.3) is 16.9 Å². The van der Waals surface area contributed by atoms with Gasteiger partial charge in [0.25, 0.3) is 0 Å². The Balaban J connectivity index is 2.32. The normalized spacial score (nSPS) is 11.1. The van der Waals surface area contributed by atoms with E-state index in [1.807, 2.05) is 0 Å². The Hall–Kier alpha value is -1.94. The van der Waals surface area contributed by atoms with Crippen LogP contribution in [0.5, 0.6) is 0 Å². The summed E-state index contributed by atoms with van der Waals surface area (Å²) >= 11 is 5.98. The van der Waals surface area contributed by atoms with Crippen LogP contribution in [0, 0.1) is 11.6 Å². The zero-order valence-electron chi connectivity index (χ0n) is 9.07. The van der Waals surface area contributed by atoms with Crippen molar-refractivity contribution < 1.29 is 8.78 Å². The molecule has 3 rings (SSSR count). The van der Waals surface area contributed by atoms with Crippen molar-refractivity contribution >= 4 is 17.2 Å². The first-order valence-corrected chi connectivity index (χ1v) is 5.61. The van der Waals surface area contributed by atoms with Crippen LogP contribution < -0.4 is 0 Å². The summed E-state index contributed by atoms with van der Waals surface area (Å²) in [4.78, 5) is 4.11. The van der Waals surface area contributed by atoms with Crippen molar-refractivity contribution in [2.45, 2.75) is 0 Å². The Morgan fingerprint density at radius 2 is 2.00 bits per heavy atom. The molecule has 1 aromatic carbocycles. The molecule has 0 amide bonds. The van der Waals surface area contributed by atoms with Crippen LogP contribution >= 0.6 is 11.6 Å². The molecule has 0 unspecified atom stereocenters. The molecule has 2 heterocycles. The minimum absolute atomic E-state index is 0.157. The first kappa shape index (κ1) is 11.2. The van der Waals surface area contributed by atoms with Gasteiger partial charge in [-0.3, -0.25) is 4.40 Å². The molecule has 0 saturated carbocycles. The highest BCUT2D eigenvalue weighted by Crippen LogP contribution is 2.26. The largest absolute Gasteiger partial charge is 0.298 e. The van der Waals surface area contributed by atoms with E-state index in [1.54, 1.807) is 22.7 Å². The molecule has 0 aliphatic carbocycles. The number of hydrogen-bond acceptors (Lipinski definition) is 1. The van der Waals surface area contributed by atoms with Crippen LogP contribution in [0.1, 0.15) is 0 Å². The third-order valence-corrected chi connectivity index (χ3v) is 2.99. The Bertz CT molecular complexity index is 737.